The fourth-order valence-corrected chi connectivity index (χ4v) is 1.86. The first-order valence-corrected chi connectivity index (χ1v) is 4.91. The van der Waals surface area contributed by atoms with Crippen molar-refractivity contribution in [1.82, 2.24) is 0 Å². The van der Waals surface area contributed by atoms with Crippen LogP contribution in [0.25, 0.3) is 9.69 Å². The summed E-state index contributed by atoms with van der Waals surface area (Å²) >= 11 is 0. The third-order valence-corrected chi connectivity index (χ3v) is 2.57. The summed E-state index contributed by atoms with van der Waals surface area (Å²) < 4.78 is 0. The number of nitriles is 2. The van der Waals surface area contributed by atoms with Gasteiger partial charge in [0.25, 0.3) is 11.4 Å². The van der Waals surface area contributed by atoms with E-state index >= 15 is 0 Å². The summed E-state index contributed by atoms with van der Waals surface area (Å²) in [6.45, 7) is 15.6. The van der Waals surface area contributed by atoms with Gasteiger partial charge >= 0.3 is 0 Å². The molecule has 0 spiro atoms. The molecular weight excluding hydrogens is 212 g/mol. The Hall–Kier alpha value is -2.82. The van der Waals surface area contributed by atoms with Gasteiger partial charge in [0.15, 0.2) is 0 Å². The molecule has 4 heteroatoms. The average molecular weight is 220 g/mol. The van der Waals surface area contributed by atoms with Crippen molar-refractivity contribution in [3.63, 3.8) is 0 Å². The van der Waals surface area contributed by atoms with E-state index in [0.29, 0.717) is 29.6 Å². The molecule has 1 aliphatic rings. The van der Waals surface area contributed by atoms with Gasteiger partial charge in [0.1, 0.15) is 0 Å². The lowest BCUT2D eigenvalue weighted by molar-refractivity contribution is 1.04. The Kier molecular flexibility index (Phi) is 3.83. The van der Waals surface area contributed by atoms with Gasteiger partial charge in [-0.3, -0.25) is 0 Å². The smallest absolute Gasteiger partial charge is 0.226 e. The Morgan fingerprint density at radius 2 is 1.53 bits per heavy atom. The number of hydrogen-bond donors (Lipinski definition) is 0. The highest BCUT2D eigenvalue weighted by atomic mass is 14.7. The molecule has 0 saturated heterocycles. The summed E-state index contributed by atoms with van der Waals surface area (Å²) in [5.74, 6) is 0. The molecule has 0 heterocycles. The molecule has 1 aliphatic carbocycles. The minimum atomic E-state index is 0.0513. The van der Waals surface area contributed by atoms with Crippen LogP contribution in [-0.4, -0.2) is 0 Å². The van der Waals surface area contributed by atoms with E-state index in [1.54, 1.807) is 13.0 Å². The van der Waals surface area contributed by atoms with Crippen molar-refractivity contribution >= 4 is 0 Å². The molecule has 0 bridgehead atoms. The van der Waals surface area contributed by atoms with Crippen LogP contribution in [0.2, 0.25) is 0 Å². The largest absolute Gasteiger partial charge is 0.265 e. The van der Waals surface area contributed by atoms with Crippen molar-refractivity contribution in [3.05, 3.63) is 57.0 Å². The summed E-state index contributed by atoms with van der Waals surface area (Å²) in [6, 6.07) is 3.71. The lowest BCUT2D eigenvalue weighted by Crippen LogP contribution is -1.88. The van der Waals surface area contributed by atoms with E-state index in [1.807, 2.05) is 12.1 Å². The van der Waals surface area contributed by atoms with Gasteiger partial charge in [-0.05, 0) is 36.5 Å². The molecule has 1 fully saturated rings. The van der Waals surface area contributed by atoms with Gasteiger partial charge in [0.2, 0.25) is 0 Å². The van der Waals surface area contributed by atoms with Crippen molar-refractivity contribution in [3.8, 4) is 12.1 Å². The minimum absolute atomic E-state index is 0.0513. The van der Waals surface area contributed by atoms with Crippen LogP contribution in [0.4, 0.5) is 0 Å². The van der Waals surface area contributed by atoms with Crippen LogP contribution in [0, 0.1) is 35.8 Å². The Labute approximate surface area is 100 Å². The Bertz CT molecular complexity index is 520. The Morgan fingerprint density at radius 3 is 1.76 bits per heavy atom. The normalized spacial score (nSPS) is 19.5. The molecule has 0 amide bonds. The zero-order valence-corrected chi connectivity index (χ0v) is 9.28. The van der Waals surface area contributed by atoms with Crippen LogP contribution in [0.5, 0.6) is 0 Å². The molecule has 0 aromatic carbocycles. The number of rotatable bonds is 0. The molecular formula is C13H8N4. The van der Waals surface area contributed by atoms with Crippen LogP contribution in [0.3, 0.4) is 0 Å². The number of nitrogens with zero attached hydrogens (tertiary/aromatic N) is 4. The monoisotopic (exact) mass is 220 g/mol. The van der Waals surface area contributed by atoms with Crippen molar-refractivity contribution < 1.29 is 0 Å². The Morgan fingerprint density at radius 1 is 1.12 bits per heavy atom. The summed E-state index contributed by atoms with van der Waals surface area (Å²) in [5.41, 5.74) is 2.10. The number of allylic oxidation sites excluding steroid dienone is 6. The van der Waals surface area contributed by atoms with Crippen LogP contribution in [-0.2, 0) is 0 Å². The molecule has 0 aliphatic heterocycles. The maximum atomic E-state index is 8.85. The van der Waals surface area contributed by atoms with E-state index < -0.39 is 0 Å². The van der Waals surface area contributed by atoms with E-state index in [1.165, 1.54) is 0 Å². The standard InChI is InChI=1S/C13H8N4/c1-4-9-10(12(7-14)16-2)5-6-11(9)13(8-15)17-3/h4H,5-6H2,1H3/b12-10-,13-11-. The lowest BCUT2D eigenvalue weighted by atomic mass is 10.0. The van der Waals surface area contributed by atoms with E-state index in [9.17, 15) is 0 Å². The van der Waals surface area contributed by atoms with E-state index in [-0.39, 0.29) is 11.4 Å². The fourth-order valence-electron chi connectivity index (χ4n) is 1.86. The molecule has 0 N–H and O–H groups in total. The second-order valence-electron chi connectivity index (χ2n) is 3.30. The predicted octanol–water partition coefficient (Wildman–Crippen LogP) is 3.12. The molecule has 4 nitrogen and oxygen atoms in total. The van der Waals surface area contributed by atoms with Gasteiger partial charge in [-0.25, -0.2) is 20.2 Å². The van der Waals surface area contributed by atoms with Crippen LogP contribution < -0.4 is 0 Å². The second kappa shape index (κ2) is 5.32. The van der Waals surface area contributed by atoms with Crippen LogP contribution in [0.15, 0.2) is 34.2 Å². The Balaban J connectivity index is 3.48. The maximum Gasteiger partial charge on any atom is 0.265 e. The van der Waals surface area contributed by atoms with Crippen molar-refractivity contribution in [2.45, 2.75) is 19.8 Å². The van der Waals surface area contributed by atoms with Crippen molar-refractivity contribution in [2.75, 3.05) is 0 Å². The molecule has 1 saturated carbocycles. The molecule has 0 aromatic rings. The molecule has 0 radical (unpaired) electrons. The van der Waals surface area contributed by atoms with E-state index in [4.69, 9.17) is 23.7 Å². The van der Waals surface area contributed by atoms with E-state index in [0.717, 1.165) is 0 Å². The topological polar surface area (TPSA) is 56.3 Å². The maximum absolute atomic E-state index is 8.85. The van der Waals surface area contributed by atoms with Crippen molar-refractivity contribution in [2.24, 2.45) is 0 Å². The molecule has 0 atom stereocenters. The summed E-state index contributed by atoms with van der Waals surface area (Å²) in [7, 11) is 0. The third-order valence-electron chi connectivity index (χ3n) is 2.57. The third kappa shape index (κ3) is 2.07. The van der Waals surface area contributed by atoms with Crippen LogP contribution >= 0.6 is 0 Å². The van der Waals surface area contributed by atoms with Gasteiger partial charge in [-0.1, -0.05) is 6.08 Å². The zero-order chi connectivity index (χ0) is 12.8. The molecule has 0 unspecified atom stereocenters. The molecule has 0 aromatic heterocycles. The summed E-state index contributed by atoms with van der Waals surface area (Å²) in [4.78, 5) is 6.35. The zero-order valence-electron chi connectivity index (χ0n) is 9.28. The van der Waals surface area contributed by atoms with Gasteiger partial charge in [0.05, 0.1) is 25.3 Å². The van der Waals surface area contributed by atoms with Crippen LogP contribution in [0.1, 0.15) is 19.8 Å². The predicted molar refractivity (Wildman–Crippen MR) is 61.5 cm³/mol. The van der Waals surface area contributed by atoms with Gasteiger partial charge in [-0.15, -0.1) is 0 Å². The number of hydrogen-bond acceptors (Lipinski definition) is 2. The highest BCUT2D eigenvalue weighted by Gasteiger charge is 2.24. The molecule has 1 rings (SSSR count). The van der Waals surface area contributed by atoms with Gasteiger partial charge < -0.3 is 0 Å². The first-order valence-electron chi connectivity index (χ1n) is 4.91. The highest BCUT2D eigenvalue weighted by molar-refractivity contribution is 5.61. The minimum Gasteiger partial charge on any atom is -0.226 e. The average Bonchev–Trinajstić information content (AvgIpc) is 2.76. The lowest BCUT2D eigenvalue weighted by Gasteiger charge is -2.02. The fraction of sp³-hybridized carbons (Fsp3) is 0.231. The van der Waals surface area contributed by atoms with E-state index in [2.05, 4.69) is 9.69 Å². The first-order chi connectivity index (χ1) is 8.23. The van der Waals surface area contributed by atoms with Gasteiger partial charge in [-0.2, -0.15) is 0 Å². The summed E-state index contributed by atoms with van der Waals surface area (Å²) in [5, 5.41) is 17.7. The summed E-state index contributed by atoms with van der Waals surface area (Å²) in [6.07, 6.45) is 2.84. The highest BCUT2D eigenvalue weighted by Crippen LogP contribution is 2.39. The molecule has 80 valence electrons. The first kappa shape index (κ1) is 12.3. The quantitative estimate of drug-likeness (QED) is 0.465. The van der Waals surface area contributed by atoms with Crippen molar-refractivity contribution in [1.29, 1.82) is 10.5 Å². The SMILES string of the molecule is [C-]#[N+]/C(C#N)=C1/CC/C(=C(\C#N)[N+]#[C-])C1=CC. The second-order valence-corrected chi connectivity index (χ2v) is 3.30. The molecule has 17 heavy (non-hydrogen) atoms. The van der Waals surface area contributed by atoms with Gasteiger partial charge in [0, 0.05) is 0 Å².